The van der Waals surface area contributed by atoms with E-state index in [1.807, 2.05) is 19.1 Å². The minimum atomic E-state index is -0.227. The third-order valence-electron chi connectivity index (χ3n) is 8.15. The fourth-order valence-corrected chi connectivity index (χ4v) is 6.12. The highest BCUT2D eigenvalue weighted by Crippen LogP contribution is 2.35. The van der Waals surface area contributed by atoms with Gasteiger partial charge in [0.2, 0.25) is 12.5 Å². The predicted molar refractivity (Wildman–Crippen MR) is 154 cm³/mol. The summed E-state index contributed by atoms with van der Waals surface area (Å²) in [7, 11) is 2.13. The molecule has 0 aliphatic carbocycles. The number of aromatic nitrogens is 2. The van der Waals surface area contributed by atoms with E-state index in [0.717, 1.165) is 59.3 Å². The zero-order chi connectivity index (χ0) is 27.5. The first-order valence-electron chi connectivity index (χ1n) is 13.6. The molecule has 1 aromatic carbocycles. The lowest BCUT2D eigenvalue weighted by atomic mass is 10.0. The van der Waals surface area contributed by atoms with Crippen LogP contribution < -0.4 is 14.5 Å². The Kier molecular flexibility index (Phi) is 8.24. The highest BCUT2D eigenvalue weighted by Gasteiger charge is 2.35. The monoisotopic (exact) mass is 549 g/mol. The van der Waals surface area contributed by atoms with Gasteiger partial charge in [0, 0.05) is 37.8 Å². The molecular formula is C29H36ClN7O2. The maximum atomic E-state index is 12.5. The van der Waals surface area contributed by atoms with E-state index < -0.39 is 0 Å². The Morgan fingerprint density at radius 3 is 2.82 bits per heavy atom. The van der Waals surface area contributed by atoms with Crippen molar-refractivity contribution >= 4 is 29.0 Å². The number of nitrogens with zero attached hydrogens (tertiary/aromatic N) is 7. The zero-order valence-corrected chi connectivity index (χ0v) is 23.5. The van der Waals surface area contributed by atoms with E-state index in [4.69, 9.17) is 32.9 Å². The molecule has 2 fully saturated rings. The quantitative estimate of drug-likeness (QED) is 0.386. The number of piperazine rings is 1. The first-order chi connectivity index (χ1) is 18.9. The van der Waals surface area contributed by atoms with Gasteiger partial charge < -0.3 is 29.2 Å². The Morgan fingerprint density at radius 2 is 2.08 bits per heavy atom. The van der Waals surface area contributed by atoms with E-state index in [-0.39, 0.29) is 18.5 Å². The minimum Gasteiger partial charge on any atom is -0.462 e. The molecule has 0 saturated carbocycles. The van der Waals surface area contributed by atoms with Gasteiger partial charge in [-0.1, -0.05) is 30.3 Å². The van der Waals surface area contributed by atoms with Gasteiger partial charge in [0.15, 0.2) is 0 Å². The molecule has 1 aromatic heterocycles. The standard InChI is InChI=1S/C29H36ClN7O2/c1-5-26(38)37-15-14-36(17-22(37)16-31-3)28-23-11-13-35(25-10-6-8-20(2)27(25)30)18-24(23)32-29(33-28)39-19-21-9-7-12-34(21)4/h5-6,8,10,21-22H,1,7,9,11-19H2,2,4H3/t21-,22-/m0/s1. The second-order valence-corrected chi connectivity index (χ2v) is 11.0. The number of amides is 1. The molecule has 2 saturated heterocycles. The van der Waals surface area contributed by atoms with Crippen LogP contribution in [0.2, 0.25) is 5.02 Å². The van der Waals surface area contributed by atoms with Gasteiger partial charge in [-0.3, -0.25) is 4.79 Å². The number of halogens is 1. The van der Waals surface area contributed by atoms with Crippen molar-refractivity contribution in [3.05, 3.63) is 64.1 Å². The number of rotatable bonds is 7. The smallest absolute Gasteiger partial charge is 0.318 e. The summed E-state index contributed by atoms with van der Waals surface area (Å²) in [6, 6.07) is 6.62. The summed E-state index contributed by atoms with van der Waals surface area (Å²) in [6.07, 6.45) is 4.37. The van der Waals surface area contributed by atoms with Crippen LogP contribution >= 0.6 is 11.6 Å². The fourth-order valence-electron chi connectivity index (χ4n) is 5.87. The number of hydrogen-bond donors (Lipinski definition) is 0. The number of benzene rings is 1. The van der Waals surface area contributed by atoms with E-state index in [0.29, 0.717) is 44.8 Å². The number of carbonyl (C=O) groups excluding carboxylic acids is 1. The van der Waals surface area contributed by atoms with E-state index in [1.165, 1.54) is 12.5 Å². The van der Waals surface area contributed by atoms with Crippen molar-refractivity contribution in [3.63, 3.8) is 0 Å². The van der Waals surface area contributed by atoms with Crippen LogP contribution in [0.4, 0.5) is 11.5 Å². The van der Waals surface area contributed by atoms with Crippen LogP contribution in [-0.2, 0) is 17.8 Å². The molecule has 0 N–H and O–H groups in total. The molecule has 2 aromatic rings. The minimum absolute atomic E-state index is 0.136. The van der Waals surface area contributed by atoms with Crippen molar-refractivity contribution in [2.45, 2.75) is 44.8 Å². The zero-order valence-electron chi connectivity index (χ0n) is 22.8. The molecule has 3 aliphatic rings. The first-order valence-corrected chi connectivity index (χ1v) is 14.0. The molecule has 5 rings (SSSR count). The summed E-state index contributed by atoms with van der Waals surface area (Å²) in [5, 5.41) is 0.765. The van der Waals surface area contributed by atoms with Crippen molar-refractivity contribution in [2.75, 3.05) is 62.7 Å². The molecule has 2 atom stereocenters. The fraction of sp³-hybridized carbons (Fsp3) is 0.517. The molecule has 39 heavy (non-hydrogen) atoms. The molecule has 0 unspecified atom stereocenters. The summed E-state index contributed by atoms with van der Waals surface area (Å²) >= 11 is 6.70. The molecule has 206 valence electrons. The molecule has 0 bridgehead atoms. The van der Waals surface area contributed by atoms with E-state index in [1.54, 1.807) is 4.90 Å². The Morgan fingerprint density at radius 1 is 1.23 bits per heavy atom. The molecule has 0 spiro atoms. The third kappa shape index (κ3) is 5.68. The van der Waals surface area contributed by atoms with Crippen molar-refractivity contribution < 1.29 is 9.53 Å². The average Bonchev–Trinajstić information content (AvgIpc) is 3.36. The Hall–Kier alpha value is -3.35. The van der Waals surface area contributed by atoms with Crippen LogP contribution in [0.15, 0.2) is 30.9 Å². The van der Waals surface area contributed by atoms with Crippen molar-refractivity contribution in [3.8, 4) is 6.01 Å². The summed E-state index contributed by atoms with van der Waals surface area (Å²) in [5.74, 6) is 0.717. The third-order valence-corrected chi connectivity index (χ3v) is 8.64. The first kappa shape index (κ1) is 27.2. The van der Waals surface area contributed by atoms with E-state index >= 15 is 0 Å². The van der Waals surface area contributed by atoms with Gasteiger partial charge in [-0.25, -0.2) is 6.57 Å². The number of likely N-dealkylation sites (tertiary alicyclic amines) is 1. The topological polar surface area (TPSA) is 69.4 Å². The van der Waals surface area contributed by atoms with Gasteiger partial charge in [0.1, 0.15) is 18.5 Å². The second-order valence-electron chi connectivity index (χ2n) is 10.6. The normalized spacial score (nSPS) is 21.4. The van der Waals surface area contributed by atoms with Gasteiger partial charge in [-0.15, -0.1) is 0 Å². The van der Waals surface area contributed by atoms with Crippen LogP contribution in [0.1, 0.15) is 29.7 Å². The van der Waals surface area contributed by atoms with Crippen LogP contribution in [0, 0.1) is 13.5 Å². The van der Waals surface area contributed by atoms with Crippen LogP contribution in [0.3, 0.4) is 0 Å². The molecule has 4 heterocycles. The Balaban J connectivity index is 1.46. The van der Waals surface area contributed by atoms with Crippen molar-refractivity contribution in [1.29, 1.82) is 0 Å². The summed E-state index contributed by atoms with van der Waals surface area (Å²) < 4.78 is 6.23. The summed E-state index contributed by atoms with van der Waals surface area (Å²) in [4.78, 5) is 34.5. The largest absolute Gasteiger partial charge is 0.462 e. The Labute approximate surface area is 235 Å². The van der Waals surface area contributed by atoms with Crippen molar-refractivity contribution in [1.82, 2.24) is 19.8 Å². The van der Waals surface area contributed by atoms with E-state index in [9.17, 15) is 4.79 Å². The highest BCUT2D eigenvalue weighted by molar-refractivity contribution is 6.34. The summed E-state index contributed by atoms with van der Waals surface area (Å²) in [6.45, 7) is 18.0. The van der Waals surface area contributed by atoms with Gasteiger partial charge in [-0.2, -0.15) is 9.97 Å². The highest BCUT2D eigenvalue weighted by atomic mass is 35.5. The van der Waals surface area contributed by atoms with Crippen LogP contribution in [0.25, 0.3) is 4.85 Å². The Bertz CT molecular complexity index is 1280. The maximum Gasteiger partial charge on any atom is 0.318 e. The van der Waals surface area contributed by atoms with Gasteiger partial charge in [0.25, 0.3) is 0 Å². The number of anilines is 2. The molecular weight excluding hydrogens is 514 g/mol. The lowest BCUT2D eigenvalue weighted by Gasteiger charge is -2.41. The van der Waals surface area contributed by atoms with Gasteiger partial charge in [0.05, 0.1) is 22.9 Å². The van der Waals surface area contributed by atoms with Crippen LogP contribution in [0.5, 0.6) is 6.01 Å². The number of aryl methyl sites for hydroxylation is 1. The van der Waals surface area contributed by atoms with Crippen LogP contribution in [-0.4, -0.2) is 90.7 Å². The number of fused-ring (bicyclic) bond motifs is 1. The van der Waals surface area contributed by atoms with Gasteiger partial charge in [-0.05, 0) is 57.5 Å². The molecule has 10 heteroatoms. The molecule has 0 radical (unpaired) electrons. The number of ether oxygens (including phenoxy) is 1. The SMILES string of the molecule is [C-]#[N+]C[C@H]1CN(c2nc(OC[C@@H]3CCCN3C)nc3c2CCN(c2cccc(C)c2Cl)C3)CCN1C(=O)C=C. The number of likely N-dealkylation sites (N-methyl/N-ethyl adjacent to an activating group) is 1. The maximum absolute atomic E-state index is 12.5. The second kappa shape index (κ2) is 11.8. The number of carbonyl (C=O) groups is 1. The summed E-state index contributed by atoms with van der Waals surface area (Å²) in [5.41, 5.74) is 4.09. The lowest BCUT2D eigenvalue weighted by molar-refractivity contribution is -0.128. The lowest BCUT2D eigenvalue weighted by Crippen LogP contribution is -2.56. The molecule has 3 aliphatic heterocycles. The average molecular weight is 550 g/mol. The molecule has 9 nitrogen and oxygen atoms in total. The predicted octanol–water partition coefficient (Wildman–Crippen LogP) is 3.60. The molecule has 1 amide bonds. The van der Waals surface area contributed by atoms with Gasteiger partial charge >= 0.3 is 6.01 Å². The van der Waals surface area contributed by atoms with E-state index in [2.05, 4.69) is 39.2 Å². The van der Waals surface area contributed by atoms with Crippen molar-refractivity contribution in [2.24, 2.45) is 0 Å². The number of hydrogen-bond acceptors (Lipinski definition) is 7.